The maximum Gasteiger partial charge on any atom is 0.293 e. The van der Waals surface area contributed by atoms with Crippen molar-refractivity contribution < 1.29 is 14.0 Å². The summed E-state index contributed by atoms with van der Waals surface area (Å²) in [4.78, 5) is 31.8. The molecule has 4 aromatic rings. The molecular formula is C24H15FN2O2S. The van der Waals surface area contributed by atoms with E-state index in [-0.39, 0.29) is 23.5 Å². The normalized spacial score (nSPS) is 15.6. The number of para-hydroxylation sites is 2. The average Bonchev–Trinajstić information content (AvgIpc) is 3.02. The summed E-state index contributed by atoms with van der Waals surface area (Å²) in [5.41, 5.74) is 3.21. The summed E-state index contributed by atoms with van der Waals surface area (Å²) in [6, 6.07) is 21.3. The van der Waals surface area contributed by atoms with Gasteiger partial charge in [0.15, 0.2) is 0 Å². The molecule has 0 radical (unpaired) electrons. The van der Waals surface area contributed by atoms with Crippen LogP contribution < -0.4 is 0 Å². The molecule has 0 saturated carbocycles. The first kappa shape index (κ1) is 18.5. The van der Waals surface area contributed by atoms with Gasteiger partial charge in [0.1, 0.15) is 5.82 Å². The van der Waals surface area contributed by atoms with E-state index < -0.39 is 0 Å². The molecule has 2 amide bonds. The highest BCUT2D eigenvalue weighted by Crippen LogP contribution is 2.36. The molecule has 3 aromatic carbocycles. The fourth-order valence-corrected chi connectivity index (χ4v) is 4.39. The number of amides is 2. The maximum atomic E-state index is 13.1. The number of fused-ring (bicyclic) bond motifs is 2. The van der Waals surface area contributed by atoms with Crippen molar-refractivity contribution >= 4 is 50.8 Å². The van der Waals surface area contributed by atoms with E-state index >= 15 is 0 Å². The smallest absolute Gasteiger partial charge is 0.268 e. The number of carbonyl (C=O) groups excluding carboxylic acids is 2. The van der Waals surface area contributed by atoms with Crippen LogP contribution in [0, 0.1) is 5.82 Å². The van der Waals surface area contributed by atoms with Gasteiger partial charge in [-0.25, -0.2) is 9.37 Å². The quantitative estimate of drug-likeness (QED) is 0.316. The number of benzene rings is 3. The zero-order chi connectivity index (χ0) is 20.7. The Labute approximate surface area is 176 Å². The van der Waals surface area contributed by atoms with E-state index in [1.807, 2.05) is 48.5 Å². The van der Waals surface area contributed by atoms with Gasteiger partial charge in [-0.2, -0.15) is 0 Å². The lowest BCUT2D eigenvalue weighted by molar-refractivity contribution is -0.123. The Morgan fingerprint density at radius 1 is 0.867 bits per heavy atom. The van der Waals surface area contributed by atoms with Crippen LogP contribution in [0.3, 0.4) is 0 Å². The van der Waals surface area contributed by atoms with Gasteiger partial charge in [0.2, 0.25) is 0 Å². The van der Waals surface area contributed by atoms with E-state index in [1.165, 1.54) is 17.0 Å². The van der Waals surface area contributed by atoms with Crippen LogP contribution in [0.4, 0.5) is 9.18 Å². The van der Waals surface area contributed by atoms with Gasteiger partial charge in [0, 0.05) is 10.8 Å². The van der Waals surface area contributed by atoms with Gasteiger partial charge in [-0.15, -0.1) is 0 Å². The van der Waals surface area contributed by atoms with Crippen molar-refractivity contribution in [3.63, 3.8) is 0 Å². The second-order valence-electron chi connectivity index (χ2n) is 6.95. The van der Waals surface area contributed by atoms with Crippen LogP contribution in [0.2, 0.25) is 0 Å². The van der Waals surface area contributed by atoms with Crippen LogP contribution in [0.1, 0.15) is 11.1 Å². The average molecular weight is 414 g/mol. The predicted molar refractivity (Wildman–Crippen MR) is 117 cm³/mol. The number of thioether (sulfide) groups is 1. The number of nitrogens with zero attached hydrogens (tertiary/aromatic N) is 2. The third-order valence-corrected chi connectivity index (χ3v) is 5.94. The molecule has 0 atom stereocenters. The van der Waals surface area contributed by atoms with E-state index in [1.54, 1.807) is 18.2 Å². The van der Waals surface area contributed by atoms with Gasteiger partial charge < -0.3 is 0 Å². The number of imide groups is 1. The van der Waals surface area contributed by atoms with Crippen molar-refractivity contribution in [3.05, 3.63) is 94.6 Å². The lowest BCUT2D eigenvalue weighted by Gasteiger charge is -2.12. The van der Waals surface area contributed by atoms with Crippen LogP contribution >= 0.6 is 11.8 Å². The summed E-state index contributed by atoms with van der Waals surface area (Å²) in [5.74, 6) is -0.705. The molecule has 6 heteroatoms. The molecule has 0 aliphatic carbocycles. The van der Waals surface area contributed by atoms with Gasteiger partial charge in [0.05, 0.1) is 22.5 Å². The first-order valence-corrected chi connectivity index (χ1v) is 10.2. The lowest BCUT2D eigenvalue weighted by Crippen LogP contribution is -2.27. The molecule has 1 fully saturated rings. The van der Waals surface area contributed by atoms with Crippen molar-refractivity contribution in [2.24, 2.45) is 0 Å². The molecule has 30 heavy (non-hydrogen) atoms. The molecule has 1 aliphatic heterocycles. The molecule has 1 aliphatic rings. The highest BCUT2D eigenvalue weighted by Gasteiger charge is 2.35. The maximum absolute atomic E-state index is 13.1. The molecule has 4 nitrogen and oxygen atoms in total. The van der Waals surface area contributed by atoms with E-state index in [9.17, 15) is 14.0 Å². The Morgan fingerprint density at radius 3 is 2.10 bits per heavy atom. The summed E-state index contributed by atoms with van der Waals surface area (Å²) in [5, 5.41) is 1.50. The van der Waals surface area contributed by atoms with Gasteiger partial charge in [-0.1, -0.05) is 48.5 Å². The van der Waals surface area contributed by atoms with Crippen LogP contribution in [-0.4, -0.2) is 21.0 Å². The molecule has 0 unspecified atom stereocenters. The van der Waals surface area contributed by atoms with Crippen molar-refractivity contribution in [1.29, 1.82) is 0 Å². The van der Waals surface area contributed by atoms with Crippen LogP contribution in [0.15, 0.2) is 77.7 Å². The molecule has 2 heterocycles. The Balaban J connectivity index is 1.58. The second kappa shape index (κ2) is 7.39. The standard InChI is InChI=1S/C24H15FN2O2S/c25-16-11-9-15(10-12-16)14-27-23(28)22(30-24(27)29)13-19-17-5-1-3-7-20(17)26-21-8-4-2-6-18(19)21/h1-13H,14H2. The van der Waals surface area contributed by atoms with Crippen molar-refractivity contribution in [1.82, 2.24) is 9.88 Å². The van der Waals surface area contributed by atoms with Crippen LogP contribution in [0.5, 0.6) is 0 Å². The molecule has 146 valence electrons. The van der Waals surface area contributed by atoms with Crippen LogP contribution in [0.25, 0.3) is 27.9 Å². The van der Waals surface area contributed by atoms with E-state index in [4.69, 9.17) is 4.98 Å². The number of halogens is 1. The Bertz CT molecular complexity index is 1290. The zero-order valence-corrected chi connectivity index (χ0v) is 16.5. The zero-order valence-electron chi connectivity index (χ0n) is 15.7. The first-order chi connectivity index (χ1) is 14.6. The SMILES string of the molecule is O=C1SC(=Cc2c3ccccc3nc3ccccc23)C(=O)N1Cc1ccc(F)cc1. The number of rotatable bonds is 3. The monoisotopic (exact) mass is 414 g/mol. The minimum Gasteiger partial charge on any atom is -0.268 e. The first-order valence-electron chi connectivity index (χ1n) is 9.37. The molecule has 5 rings (SSSR count). The van der Waals surface area contributed by atoms with Gasteiger partial charge >= 0.3 is 0 Å². The largest absolute Gasteiger partial charge is 0.293 e. The number of carbonyl (C=O) groups is 2. The van der Waals surface area contributed by atoms with E-state index in [2.05, 4.69) is 0 Å². The highest BCUT2D eigenvalue weighted by atomic mass is 32.2. The van der Waals surface area contributed by atoms with Crippen molar-refractivity contribution in [3.8, 4) is 0 Å². The third kappa shape index (κ3) is 3.25. The van der Waals surface area contributed by atoms with Crippen molar-refractivity contribution in [2.75, 3.05) is 0 Å². The summed E-state index contributed by atoms with van der Waals surface area (Å²) >= 11 is 0.920. The van der Waals surface area contributed by atoms with Crippen LogP contribution in [-0.2, 0) is 11.3 Å². The Hall–Kier alpha value is -3.51. The Morgan fingerprint density at radius 2 is 1.47 bits per heavy atom. The van der Waals surface area contributed by atoms with E-state index in [0.717, 1.165) is 39.1 Å². The fraction of sp³-hybridized carbons (Fsp3) is 0.0417. The number of hydrogen-bond donors (Lipinski definition) is 0. The molecule has 1 saturated heterocycles. The number of hydrogen-bond acceptors (Lipinski definition) is 4. The van der Waals surface area contributed by atoms with E-state index in [0.29, 0.717) is 10.5 Å². The molecule has 0 spiro atoms. The minimum atomic E-state index is -0.357. The Kier molecular flexibility index (Phi) is 4.56. The predicted octanol–water partition coefficient (Wildman–Crippen LogP) is 5.76. The fourth-order valence-electron chi connectivity index (χ4n) is 3.57. The molecule has 0 bridgehead atoms. The lowest BCUT2D eigenvalue weighted by atomic mass is 10.0. The minimum absolute atomic E-state index is 0.111. The topological polar surface area (TPSA) is 50.3 Å². The summed E-state index contributed by atoms with van der Waals surface area (Å²) < 4.78 is 13.1. The number of pyridine rings is 1. The van der Waals surface area contributed by atoms with Gasteiger partial charge in [-0.05, 0) is 53.2 Å². The summed E-state index contributed by atoms with van der Waals surface area (Å²) in [6.07, 6.45) is 1.78. The number of aromatic nitrogens is 1. The molecular weight excluding hydrogens is 399 g/mol. The summed E-state index contributed by atoms with van der Waals surface area (Å²) in [7, 11) is 0. The molecule has 0 N–H and O–H groups in total. The summed E-state index contributed by atoms with van der Waals surface area (Å²) in [6.45, 7) is 0.111. The highest BCUT2D eigenvalue weighted by molar-refractivity contribution is 8.18. The second-order valence-corrected chi connectivity index (χ2v) is 7.95. The third-order valence-electron chi connectivity index (χ3n) is 5.03. The van der Waals surface area contributed by atoms with Gasteiger partial charge in [-0.3, -0.25) is 14.5 Å². The van der Waals surface area contributed by atoms with Gasteiger partial charge in [0.25, 0.3) is 11.1 Å². The molecule has 1 aromatic heterocycles. The van der Waals surface area contributed by atoms with Crippen molar-refractivity contribution in [2.45, 2.75) is 6.54 Å².